The lowest BCUT2D eigenvalue weighted by molar-refractivity contribution is 0.0611. The van der Waals surface area contributed by atoms with Crippen LogP contribution in [0.25, 0.3) is 0 Å². The Morgan fingerprint density at radius 2 is 1.68 bits per heavy atom. The van der Waals surface area contributed by atoms with Gasteiger partial charge in [0.25, 0.3) is 5.91 Å². The number of carbonyl (C=O) groups excluding carboxylic acids is 1. The average Bonchev–Trinajstić information content (AvgIpc) is 2.97. The third-order valence-corrected chi connectivity index (χ3v) is 5.81. The van der Waals surface area contributed by atoms with E-state index in [4.69, 9.17) is 4.74 Å². The van der Waals surface area contributed by atoms with Gasteiger partial charge in [0.2, 0.25) is 0 Å². The smallest absolute Gasteiger partial charge is 0.257 e. The summed E-state index contributed by atoms with van der Waals surface area (Å²) in [6, 6.07) is 8.91. The lowest BCUT2D eigenvalue weighted by atomic mass is 10.1. The van der Waals surface area contributed by atoms with Crippen LogP contribution >= 0.6 is 0 Å². The Morgan fingerprint density at radius 1 is 1.04 bits per heavy atom. The first-order valence-corrected chi connectivity index (χ1v) is 9.50. The number of rotatable bonds is 5. The minimum Gasteiger partial charge on any atom is -0.496 e. The predicted octanol–water partition coefficient (Wildman–Crippen LogP) is 2.33. The molecule has 0 saturated carbocycles. The van der Waals surface area contributed by atoms with E-state index in [2.05, 4.69) is 23.6 Å². The molecular formula is C20H31N3O2. The summed E-state index contributed by atoms with van der Waals surface area (Å²) >= 11 is 0. The first-order chi connectivity index (χ1) is 12.1. The van der Waals surface area contributed by atoms with Crippen LogP contribution in [0, 0.1) is 0 Å². The van der Waals surface area contributed by atoms with Gasteiger partial charge in [-0.3, -0.25) is 14.6 Å². The van der Waals surface area contributed by atoms with Crippen LogP contribution in [0.2, 0.25) is 0 Å². The molecule has 3 rings (SSSR count). The van der Waals surface area contributed by atoms with Crippen LogP contribution in [-0.2, 0) is 0 Å². The third-order valence-electron chi connectivity index (χ3n) is 5.81. The van der Waals surface area contributed by atoms with Gasteiger partial charge < -0.3 is 9.64 Å². The van der Waals surface area contributed by atoms with Gasteiger partial charge in [0.1, 0.15) is 5.75 Å². The number of benzene rings is 1. The summed E-state index contributed by atoms with van der Waals surface area (Å²) < 4.78 is 5.33. The minimum absolute atomic E-state index is 0.0823. The van der Waals surface area contributed by atoms with Crippen molar-refractivity contribution < 1.29 is 9.53 Å². The van der Waals surface area contributed by atoms with E-state index in [0.29, 0.717) is 23.4 Å². The fourth-order valence-electron chi connectivity index (χ4n) is 4.11. The quantitative estimate of drug-likeness (QED) is 0.821. The van der Waals surface area contributed by atoms with Crippen molar-refractivity contribution in [3.8, 4) is 5.75 Å². The molecule has 2 atom stereocenters. The molecule has 0 spiro atoms. The van der Waals surface area contributed by atoms with Gasteiger partial charge in [-0.1, -0.05) is 12.1 Å². The van der Waals surface area contributed by atoms with Crippen LogP contribution in [0.4, 0.5) is 0 Å². The molecule has 0 aliphatic carbocycles. The zero-order valence-corrected chi connectivity index (χ0v) is 15.8. The number of ether oxygens (including phenoxy) is 1. The number of likely N-dealkylation sites (tertiary alicyclic amines) is 1. The predicted molar refractivity (Wildman–Crippen MR) is 100 cm³/mol. The summed E-state index contributed by atoms with van der Waals surface area (Å²) in [5.41, 5.74) is 0.665. The zero-order chi connectivity index (χ0) is 17.8. The first kappa shape index (κ1) is 18.2. The van der Waals surface area contributed by atoms with E-state index in [9.17, 15) is 4.79 Å². The van der Waals surface area contributed by atoms with Crippen molar-refractivity contribution in [3.05, 3.63) is 29.8 Å². The number of hydrogen-bond donors (Lipinski definition) is 0. The highest BCUT2D eigenvalue weighted by Crippen LogP contribution is 2.23. The Balaban J connectivity index is 1.49. The maximum absolute atomic E-state index is 12.8. The Kier molecular flexibility index (Phi) is 5.97. The number of carbonyl (C=O) groups is 1. The summed E-state index contributed by atoms with van der Waals surface area (Å²) in [6.07, 6.45) is 2.64. The van der Waals surface area contributed by atoms with Crippen molar-refractivity contribution in [1.29, 1.82) is 0 Å². The van der Waals surface area contributed by atoms with Crippen LogP contribution in [0.5, 0.6) is 5.75 Å². The second kappa shape index (κ2) is 8.19. The Labute approximate surface area is 151 Å². The van der Waals surface area contributed by atoms with E-state index in [1.165, 1.54) is 12.8 Å². The normalized spacial score (nSPS) is 25.3. The highest BCUT2D eigenvalue weighted by molar-refractivity contribution is 5.97. The van der Waals surface area contributed by atoms with E-state index in [0.717, 1.165) is 39.3 Å². The molecule has 2 saturated heterocycles. The summed E-state index contributed by atoms with van der Waals surface area (Å²) in [4.78, 5) is 19.8. The van der Waals surface area contributed by atoms with Gasteiger partial charge in [-0.15, -0.1) is 0 Å². The molecule has 2 fully saturated rings. The molecule has 2 aliphatic rings. The number of amides is 1. The molecule has 25 heavy (non-hydrogen) atoms. The SMILES string of the molecule is COc1ccccc1C(=O)N1CCN(CCN2[C@H](C)CC[C@@H]2C)CC1. The van der Waals surface area contributed by atoms with Crippen LogP contribution < -0.4 is 4.74 Å². The van der Waals surface area contributed by atoms with Crippen LogP contribution in [-0.4, -0.2) is 79.1 Å². The van der Waals surface area contributed by atoms with Crippen molar-refractivity contribution in [2.24, 2.45) is 0 Å². The van der Waals surface area contributed by atoms with E-state index in [-0.39, 0.29) is 5.91 Å². The van der Waals surface area contributed by atoms with Crippen molar-refractivity contribution in [2.75, 3.05) is 46.4 Å². The van der Waals surface area contributed by atoms with Crippen LogP contribution in [0.1, 0.15) is 37.0 Å². The lowest BCUT2D eigenvalue weighted by Gasteiger charge is -2.36. The molecule has 0 bridgehead atoms. The van der Waals surface area contributed by atoms with Gasteiger partial charge in [-0.2, -0.15) is 0 Å². The zero-order valence-electron chi connectivity index (χ0n) is 15.8. The number of hydrogen-bond acceptors (Lipinski definition) is 4. The van der Waals surface area contributed by atoms with Crippen molar-refractivity contribution in [1.82, 2.24) is 14.7 Å². The third kappa shape index (κ3) is 4.15. The molecule has 0 N–H and O–H groups in total. The molecule has 5 nitrogen and oxygen atoms in total. The number of para-hydroxylation sites is 1. The van der Waals surface area contributed by atoms with Gasteiger partial charge >= 0.3 is 0 Å². The topological polar surface area (TPSA) is 36.0 Å². The van der Waals surface area contributed by atoms with Gasteiger partial charge in [0, 0.05) is 51.4 Å². The summed E-state index contributed by atoms with van der Waals surface area (Å²) in [5, 5.41) is 0. The van der Waals surface area contributed by atoms with E-state index in [1.807, 2.05) is 29.2 Å². The Hall–Kier alpha value is -1.59. The molecule has 0 aromatic heterocycles. The maximum atomic E-state index is 12.8. The first-order valence-electron chi connectivity index (χ1n) is 9.50. The highest BCUT2D eigenvalue weighted by atomic mass is 16.5. The highest BCUT2D eigenvalue weighted by Gasteiger charge is 2.28. The molecule has 1 aromatic carbocycles. The lowest BCUT2D eigenvalue weighted by Crippen LogP contribution is -2.50. The molecule has 1 aromatic rings. The minimum atomic E-state index is 0.0823. The standard InChI is InChI=1S/C20H31N3O2/c1-16-8-9-17(2)23(16)15-12-21-10-13-22(14-11-21)20(24)18-6-4-5-7-19(18)25-3/h4-7,16-17H,8-15H2,1-3H3/t16-,17+. The number of piperazine rings is 1. The molecular weight excluding hydrogens is 314 g/mol. The number of methoxy groups -OCH3 is 1. The summed E-state index contributed by atoms with van der Waals surface area (Å²) in [7, 11) is 1.62. The fraction of sp³-hybridized carbons (Fsp3) is 0.650. The Morgan fingerprint density at radius 3 is 2.32 bits per heavy atom. The molecule has 0 unspecified atom stereocenters. The Bertz CT molecular complexity index is 574. The van der Waals surface area contributed by atoms with Crippen molar-refractivity contribution >= 4 is 5.91 Å². The van der Waals surface area contributed by atoms with Gasteiger partial charge in [-0.05, 0) is 38.8 Å². The fourth-order valence-corrected chi connectivity index (χ4v) is 4.11. The van der Waals surface area contributed by atoms with Crippen molar-refractivity contribution in [2.45, 2.75) is 38.8 Å². The maximum Gasteiger partial charge on any atom is 0.257 e. The molecule has 1 amide bonds. The molecule has 2 aliphatic heterocycles. The largest absolute Gasteiger partial charge is 0.496 e. The molecule has 138 valence electrons. The molecule has 2 heterocycles. The second-order valence-corrected chi connectivity index (χ2v) is 7.35. The van der Waals surface area contributed by atoms with Gasteiger partial charge in [0.15, 0.2) is 0 Å². The average molecular weight is 345 g/mol. The molecule has 0 radical (unpaired) electrons. The van der Waals surface area contributed by atoms with Crippen LogP contribution in [0.15, 0.2) is 24.3 Å². The van der Waals surface area contributed by atoms with E-state index in [1.54, 1.807) is 7.11 Å². The monoisotopic (exact) mass is 345 g/mol. The van der Waals surface area contributed by atoms with Crippen molar-refractivity contribution in [3.63, 3.8) is 0 Å². The number of nitrogens with zero attached hydrogens (tertiary/aromatic N) is 3. The van der Waals surface area contributed by atoms with Crippen LogP contribution in [0.3, 0.4) is 0 Å². The van der Waals surface area contributed by atoms with E-state index >= 15 is 0 Å². The summed E-state index contributed by atoms with van der Waals surface area (Å²) in [6.45, 7) is 10.4. The van der Waals surface area contributed by atoms with Gasteiger partial charge in [-0.25, -0.2) is 0 Å². The van der Waals surface area contributed by atoms with Gasteiger partial charge in [0.05, 0.1) is 12.7 Å². The second-order valence-electron chi connectivity index (χ2n) is 7.35. The van der Waals surface area contributed by atoms with E-state index < -0.39 is 0 Å². The summed E-state index contributed by atoms with van der Waals surface area (Å²) in [5.74, 6) is 0.742. The molecule has 5 heteroatoms.